The van der Waals surface area contributed by atoms with E-state index in [4.69, 9.17) is 4.52 Å². The Balaban J connectivity index is 1.41. The number of halogens is 3. The SMILES string of the molecule is Cc1cc(CN2CCN(C(=O)C3CCN(CC(F)(F)F)CC3)CC2)no1. The van der Waals surface area contributed by atoms with Crippen LogP contribution < -0.4 is 0 Å². The summed E-state index contributed by atoms with van der Waals surface area (Å²) in [6, 6.07) is 1.91. The summed E-state index contributed by atoms with van der Waals surface area (Å²) >= 11 is 0. The van der Waals surface area contributed by atoms with Crippen molar-refractivity contribution < 1.29 is 22.5 Å². The van der Waals surface area contributed by atoms with Crippen LogP contribution >= 0.6 is 0 Å². The van der Waals surface area contributed by atoms with Gasteiger partial charge in [0, 0.05) is 44.7 Å². The Kier molecular flexibility index (Phi) is 5.86. The van der Waals surface area contributed by atoms with Gasteiger partial charge in [-0.25, -0.2) is 0 Å². The summed E-state index contributed by atoms with van der Waals surface area (Å²) in [6.07, 6.45) is -3.16. The zero-order chi connectivity index (χ0) is 18.7. The molecule has 2 aliphatic rings. The average Bonchev–Trinajstić information content (AvgIpc) is 2.99. The Hall–Kier alpha value is -1.61. The van der Waals surface area contributed by atoms with Crippen LogP contribution in [0.5, 0.6) is 0 Å². The van der Waals surface area contributed by atoms with Crippen LogP contribution in [0.1, 0.15) is 24.3 Å². The van der Waals surface area contributed by atoms with Gasteiger partial charge in [-0.2, -0.15) is 13.2 Å². The molecule has 0 spiro atoms. The number of amides is 1. The summed E-state index contributed by atoms with van der Waals surface area (Å²) in [7, 11) is 0. The molecule has 2 saturated heterocycles. The Morgan fingerprint density at radius 1 is 1.15 bits per heavy atom. The molecular weight excluding hydrogens is 349 g/mol. The van der Waals surface area contributed by atoms with Crippen LogP contribution in [0.2, 0.25) is 0 Å². The highest BCUT2D eigenvalue weighted by atomic mass is 19.4. The zero-order valence-corrected chi connectivity index (χ0v) is 15.0. The molecule has 2 fully saturated rings. The topological polar surface area (TPSA) is 52.8 Å². The van der Waals surface area contributed by atoms with Gasteiger partial charge in [0.15, 0.2) is 0 Å². The molecule has 1 aromatic heterocycles. The third kappa shape index (κ3) is 5.20. The molecule has 3 rings (SSSR count). The van der Waals surface area contributed by atoms with E-state index in [0.29, 0.717) is 45.6 Å². The van der Waals surface area contributed by atoms with Crippen LogP contribution in [0.15, 0.2) is 10.6 Å². The molecule has 2 aliphatic heterocycles. The van der Waals surface area contributed by atoms with Gasteiger partial charge in [0.1, 0.15) is 5.76 Å². The summed E-state index contributed by atoms with van der Waals surface area (Å²) in [6.45, 7) is 5.19. The van der Waals surface area contributed by atoms with Crippen molar-refractivity contribution in [1.29, 1.82) is 0 Å². The minimum atomic E-state index is -4.17. The molecular formula is C17H25F3N4O2. The largest absolute Gasteiger partial charge is 0.401 e. The van der Waals surface area contributed by atoms with Crippen LogP contribution in [-0.4, -0.2) is 77.8 Å². The van der Waals surface area contributed by atoms with E-state index in [2.05, 4.69) is 10.1 Å². The molecule has 3 heterocycles. The summed E-state index contributed by atoms with van der Waals surface area (Å²) in [4.78, 5) is 18.1. The predicted molar refractivity (Wildman–Crippen MR) is 88.3 cm³/mol. The normalized spacial score (nSPS) is 21.3. The van der Waals surface area contributed by atoms with Gasteiger partial charge < -0.3 is 9.42 Å². The van der Waals surface area contributed by atoms with E-state index in [1.54, 1.807) is 0 Å². The maximum Gasteiger partial charge on any atom is 0.401 e. The number of piperidine rings is 1. The molecule has 26 heavy (non-hydrogen) atoms. The number of nitrogens with zero attached hydrogens (tertiary/aromatic N) is 4. The number of carbonyl (C=O) groups excluding carboxylic acids is 1. The number of rotatable bonds is 4. The van der Waals surface area contributed by atoms with E-state index in [1.807, 2.05) is 17.9 Å². The number of aryl methyl sites for hydroxylation is 1. The number of hydrogen-bond donors (Lipinski definition) is 0. The molecule has 146 valence electrons. The molecule has 0 N–H and O–H groups in total. The van der Waals surface area contributed by atoms with E-state index < -0.39 is 12.7 Å². The van der Waals surface area contributed by atoms with E-state index in [0.717, 1.165) is 24.5 Å². The third-order valence-electron chi connectivity index (χ3n) is 5.09. The number of likely N-dealkylation sites (tertiary alicyclic amines) is 1. The molecule has 0 unspecified atom stereocenters. The minimum absolute atomic E-state index is 0.0913. The lowest BCUT2D eigenvalue weighted by Crippen LogP contribution is -2.51. The van der Waals surface area contributed by atoms with Gasteiger partial charge in [0.2, 0.25) is 5.91 Å². The Bertz CT molecular complexity index is 603. The van der Waals surface area contributed by atoms with Crippen molar-refractivity contribution in [2.75, 3.05) is 45.8 Å². The molecule has 0 atom stereocenters. The fraction of sp³-hybridized carbons (Fsp3) is 0.765. The van der Waals surface area contributed by atoms with Gasteiger partial charge in [-0.05, 0) is 32.9 Å². The van der Waals surface area contributed by atoms with Gasteiger partial charge in [-0.15, -0.1) is 0 Å². The van der Waals surface area contributed by atoms with Gasteiger partial charge in [-0.3, -0.25) is 14.6 Å². The van der Waals surface area contributed by atoms with Crippen LogP contribution in [0.25, 0.3) is 0 Å². The Morgan fingerprint density at radius 3 is 2.35 bits per heavy atom. The first-order chi connectivity index (χ1) is 12.3. The van der Waals surface area contributed by atoms with Crippen molar-refractivity contribution in [3.05, 3.63) is 17.5 Å². The summed E-state index contributed by atoms with van der Waals surface area (Å²) in [5, 5.41) is 3.99. The smallest absolute Gasteiger partial charge is 0.361 e. The van der Waals surface area contributed by atoms with Crippen molar-refractivity contribution in [3.8, 4) is 0 Å². The van der Waals surface area contributed by atoms with Crippen molar-refractivity contribution in [1.82, 2.24) is 19.9 Å². The van der Waals surface area contributed by atoms with Crippen molar-refractivity contribution in [2.24, 2.45) is 5.92 Å². The van der Waals surface area contributed by atoms with Crippen LogP contribution in [0, 0.1) is 12.8 Å². The van der Waals surface area contributed by atoms with Gasteiger partial charge in [0.25, 0.3) is 0 Å². The zero-order valence-electron chi connectivity index (χ0n) is 15.0. The first-order valence-electron chi connectivity index (χ1n) is 9.02. The third-order valence-corrected chi connectivity index (χ3v) is 5.09. The second-order valence-corrected chi connectivity index (χ2v) is 7.20. The maximum absolute atomic E-state index is 12.7. The number of carbonyl (C=O) groups is 1. The van der Waals surface area contributed by atoms with Crippen LogP contribution in [0.4, 0.5) is 13.2 Å². The fourth-order valence-corrected chi connectivity index (χ4v) is 3.70. The van der Waals surface area contributed by atoms with Gasteiger partial charge >= 0.3 is 6.18 Å². The second kappa shape index (κ2) is 7.96. The molecule has 1 amide bonds. The van der Waals surface area contributed by atoms with E-state index in [1.165, 1.54) is 4.90 Å². The quantitative estimate of drug-likeness (QED) is 0.806. The van der Waals surface area contributed by atoms with Crippen molar-refractivity contribution >= 4 is 5.91 Å². The molecule has 0 bridgehead atoms. The Labute approximate surface area is 150 Å². The first kappa shape index (κ1) is 19.2. The van der Waals surface area contributed by atoms with Crippen molar-refractivity contribution in [3.63, 3.8) is 0 Å². The van der Waals surface area contributed by atoms with E-state index >= 15 is 0 Å². The standard InChI is InChI=1S/C17H25F3N4O2/c1-13-10-15(21-26-13)11-22-6-8-24(9-7-22)16(25)14-2-4-23(5-3-14)12-17(18,19)20/h10,14H,2-9,11-12H2,1H3. The molecule has 0 saturated carbocycles. The molecule has 6 nitrogen and oxygen atoms in total. The maximum atomic E-state index is 12.7. The highest BCUT2D eigenvalue weighted by Crippen LogP contribution is 2.24. The number of piperazine rings is 1. The van der Waals surface area contributed by atoms with Crippen LogP contribution in [-0.2, 0) is 11.3 Å². The summed E-state index contributed by atoms with van der Waals surface area (Å²) < 4.78 is 42.4. The Morgan fingerprint density at radius 2 is 1.81 bits per heavy atom. The highest BCUT2D eigenvalue weighted by molar-refractivity contribution is 5.79. The van der Waals surface area contributed by atoms with Crippen molar-refractivity contribution in [2.45, 2.75) is 32.5 Å². The summed E-state index contributed by atoms with van der Waals surface area (Å²) in [5.74, 6) is 0.725. The lowest BCUT2D eigenvalue weighted by Gasteiger charge is -2.38. The lowest BCUT2D eigenvalue weighted by molar-refractivity contribution is -0.151. The lowest BCUT2D eigenvalue weighted by atomic mass is 9.95. The molecule has 1 aromatic rings. The molecule has 0 aromatic carbocycles. The molecule has 0 radical (unpaired) electrons. The molecule has 9 heteroatoms. The van der Waals surface area contributed by atoms with Gasteiger partial charge in [-0.1, -0.05) is 5.16 Å². The number of aromatic nitrogens is 1. The molecule has 0 aliphatic carbocycles. The first-order valence-corrected chi connectivity index (χ1v) is 9.02. The average molecular weight is 374 g/mol. The van der Waals surface area contributed by atoms with Crippen LogP contribution in [0.3, 0.4) is 0 Å². The number of hydrogen-bond acceptors (Lipinski definition) is 5. The number of alkyl halides is 3. The van der Waals surface area contributed by atoms with E-state index in [-0.39, 0.29) is 11.8 Å². The predicted octanol–water partition coefficient (Wildman–Crippen LogP) is 1.90. The minimum Gasteiger partial charge on any atom is -0.361 e. The highest BCUT2D eigenvalue weighted by Gasteiger charge is 2.35. The van der Waals surface area contributed by atoms with Gasteiger partial charge in [0.05, 0.1) is 12.2 Å². The summed E-state index contributed by atoms with van der Waals surface area (Å²) in [5.41, 5.74) is 0.888. The van der Waals surface area contributed by atoms with E-state index in [9.17, 15) is 18.0 Å². The second-order valence-electron chi connectivity index (χ2n) is 7.20. The fourth-order valence-electron chi connectivity index (χ4n) is 3.70. The monoisotopic (exact) mass is 374 g/mol.